The van der Waals surface area contributed by atoms with E-state index in [2.05, 4.69) is 39.2 Å². The van der Waals surface area contributed by atoms with Crippen molar-refractivity contribution in [1.82, 2.24) is 9.88 Å². The van der Waals surface area contributed by atoms with Crippen LogP contribution < -0.4 is 5.32 Å². The average Bonchev–Trinajstić information content (AvgIpc) is 3.06. The van der Waals surface area contributed by atoms with Crippen molar-refractivity contribution in [2.45, 2.75) is 33.1 Å². The molecule has 5 heteroatoms. The van der Waals surface area contributed by atoms with Gasteiger partial charge in [0.2, 0.25) is 5.91 Å². The van der Waals surface area contributed by atoms with Gasteiger partial charge in [-0.25, -0.2) is 0 Å². The van der Waals surface area contributed by atoms with Crippen LogP contribution in [-0.4, -0.2) is 35.4 Å². The molecule has 0 radical (unpaired) electrons. The number of aromatic nitrogens is 1. The maximum absolute atomic E-state index is 12.2. The lowest BCUT2D eigenvalue weighted by Gasteiger charge is -2.17. The van der Waals surface area contributed by atoms with Gasteiger partial charge in [-0.2, -0.15) is 0 Å². The van der Waals surface area contributed by atoms with E-state index in [1.807, 2.05) is 24.0 Å². The molecule has 3 rings (SSSR count). The normalized spacial score (nSPS) is 14.5. The highest BCUT2D eigenvalue weighted by atomic mass is 79.9. The third-order valence-corrected chi connectivity index (χ3v) is 5.03. The van der Waals surface area contributed by atoms with Crippen molar-refractivity contribution in [2.75, 3.05) is 25.0 Å². The Morgan fingerprint density at radius 2 is 2.04 bits per heavy atom. The van der Waals surface area contributed by atoms with Crippen molar-refractivity contribution in [3.8, 4) is 0 Å². The molecule has 1 aromatic heterocycles. The molecule has 0 saturated carbocycles. The van der Waals surface area contributed by atoms with Crippen LogP contribution in [0.15, 0.2) is 22.7 Å². The smallest absolute Gasteiger partial charge is 0.224 e. The second-order valence-electron chi connectivity index (χ2n) is 6.12. The van der Waals surface area contributed by atoms with Crippen LogP contribution in [0.25, 0.3) is 10.9 Å². The van der Waals surface area contributed by atoms with Gasteiger partial charge in [-0.05, 0) is 50.5 Å². The molecule has 0 aliphatic carbocycles. The number of likely N-dealkylation sites (tertiary alicyclic amines) is 1. The number of rotatable bonds is 4. The molecule has 0 spiro atoms. The van der Waals surface area contributed by atoms with E-state index in [1.165, 1.54) is 0 Å². The Labute approximate surface area is 145 Å². The van der Waals surface area contributed by atoms with Gasteiger partial charge in [0.1, 0.15) is 0 Å². The summed E-state index contributed by atoms with van der Waals surface area (Å²) in [5, 5.41) is 4.56. The number of amides is 1. The number of fused-ring (bicyclic) bond motifs is 1. The molecule has 1 fully saturated rings. The van der Waals surface area contributed by atoms with Gasteiger partial charge in [0.05, 0.1) is 5.52 Å². The number of carbonyl (C=O) groups excluding carboxylic acids is 1. The molecule has 2 aromatic rings. The molecule has 1 saturated heterocycles. The second kappa shape index (κ2) is 6.87. The van der Waals surface area contributed by atoms with Gasteiger partial charge >= 0.3 is 0 Å². The number of hydrogen-bond acceptors (Lipinski definition) is 3. The van der Waals surface area contributed by atoms with Crippen LogP contribution in [0.5, 0.6) is 0 Å². The first-order valence-electron chi connectivity index (χ1n) is 8.14. The lowest BCUT2D eigenvalue weighted by molar-refractivity contribution is -0.129. The van der Waals surface area contributed by atoms with Crippen molar-refractivity contribution >= 4 is 38.4 Å². The number of hydrogen-bond donors (Lipinski definition) is 1. The highest BCUT2D eigenvalue weighted by molar-refractivity contribution is 9.10. The molecule has 1 N–H and O–H groups in total. The summed E-state index contributed by atoms with van der Waals surface area (Å²) < 4.78 is 1.03. The zero-order valence-electron chi connectivity index (χ0n) is 13.7. The number of anilines is 1. The Hall–Kier alpha value is -1.62. The standard InChI is InChI=1S/C18H22BrN3O/c1-12-13(2)21-16-6-5-14(19)11-15(16)18(12)20-8-7-17(23)22-9-3-4-10-22/h5-6,11H,3-4,7-10H2,1-2H3,(H,20,21). The highest BCUT2D eigenvalue weighted by Gasteiger charge is 2.17. The SMILES string of the molecule is Cc1nc2ccc(Br)cc2c(NCCC(=O)N2CCCC2)c1C. The molecular formula is C18H22BrN3O. The third kappa shape index (κ3) is 3.50. The van der Waals surface area contributed by atoms with E-state index < -0.39 is 0 Å². The molecule has 0 atom stereocenters. The van der Waals surface area contributed by atoms with E-state index in [-0.39, 0.29) is 5.91 Å². The number of pyridine rings is 1. The van der Waals surface area contributed by atoms with Crippen LogP contribution in [0.4, 0.5) is 5.69 Å². The summed E-state index contributed by atoms with van der Waals surface area (Å²) in [5.74, 6) is 0.254. The summed E-state index contributed by atoms with van der Waals surface area (Å²) in [5.41, 5.74) is 4.23. The molecule has 2 heterocycles. The van der Waals surface area contributed by atoms with Crippen LogP contribution in [0.2, 0.25) is 0 Å². The molecule has 1 aromatic carbocycles. The number of benzene rings is 1. The maximum Gasteiger partial charge on any atom is 0.224 e. The zero-order chi connectivity index (χ0) is 16.4. The molecular weight excluding hydrogens is 354 g/mol. The molecule has 4 nitrogen and oxygen atoms in total. The number of halogens is 1. The third-order valence-electron chi connectivity index (χ3n) is 4.53. The minimum Gasteiger partial charge on any atom is -0.384 e. The van der Waals surface area contributed by atoms with Crippen LogP contribution in [0.1, 0.15) is 30.5 Å². The Kier molecular flexibility index (Phi) is 4.85. The van der Waals surface area contributed by atoms with Crippen molar-refractivity contribution < 1.29 is 4.79 Å². The molecule has 23 heavy (non-hydrogen) atoms. The van der Waals surface area contributed by atoms with Crippen LogP contribution >= 0.6 is 15.9 Å². The van der Waals surface area contributed by atoms with Gasteiger partial charge in [-0.15, -0.1) is 0 Å². The molecule has 0 bridgehead atoms. The number of nitrogens with one attached hydrogen (secondary N) is 1. The molecule has 122 valence electrons. The van der Waals surface area contributed by atoms with Crippen molar-refractivity contribution in [1.29, 1.82) is 0 Å². The van der Waals surface area contributed by atoms with Crippen molar-refractivity contribution in [2.24, 2.45) is 0 Å². The van der Waals surface area contributed by atoms with Gasteiger partial charge < -0.3 is 10.2 Å². The number of carbonyl (C=O) groups is 1. The van der Waals surface area contributed by atoms with Gasteiger partial charge in [0.15, 0.2) is 0 Å². The van der Waals surface area contributed by atoms with Gasteiger partial charge in [0.25, 0.3) is 0 Å². The monoisotopic (exact) mass is 375 g/mol. The fourth-order valence-corrected chi connectivity index (χ4v) is 3.46. The number of aryl methyl sites for hydroxylation is 1. The van der Waals surface area contributed by atoms with Gasteiger partial charge in [-0.1, -0.05) is 15.9 Å². The Morgan fingerprint density at radius 3 is 2.78 bits per heavy atom. The number of nitrogens with zero attached hydrogens (tertiary/aromatic N) is 2. The van der Waals surface area contributed by atoms with E-state index in [0.717, 1.165) is 58.3 Å². The first-order chi connectivity index (χ1) is 11.1. The second-order valence-corrected chi connectivity index (χ2v) is 7.04. The Morgan fingerprint density at radius 1 is 1.30 bits per heavy atom. The first kappa shape index (κ1) is 16.2. The van der Waals surface area contributed by atoms with Crippen molar-refractivity contribution in [3.63, 3.8) is 0 Å². The fourth-order valence-electron chi connectivity index (χ4n) is 3.10. The molecule has 1 aliphatic rings. The van der Waals surface area contributed by atoms with Gasteiger partial charge in [-0.3, -0.25) is 9.78 Å². The maximum atomic E-state index is 12.2. The van der Waals surface area contributed by atoms with E-state index >= 15 is 0 Å². The molecule has 1 amide bonds. The average molecular weight is 376 g/mol. The zero-order valence-corrected chi connectivity index (χ0v) is 15.2. The van der Waals surface area contributed by atoms with Gasteiger partial charge in [0, 0.05) is 47.3 Å². The molecule has 0 unspecified atom stereocenters. The van der Waals surface area contributed by atoms with E-state index in [9.17, 15) is 4.79 Å². The summed E-state index contributed by atoms with van der Waals surface area (Å²) in [7, 11) is 0. The summed E-state index contributed by atoms with van der Waals surface area (Å²) in [6, 6.07) is 6.11. The lowest BCUT2D eigenvalue weighted by atomic mass is 10.1. The summed E-state index contributed by atoms with van der Waals surface area (Å²) in [4.78, 5) is 18.8. The van der Waals surface area contributed by atoms with Crippen LogP contribution in [0, 0.1) is 13.8 Å². The van der Waals surface area contributed by atoms with E-state index in [1.54, 1.807) is 0 Å². The largest absolute Gasteiger partial charge is 0.384 e. The summed E-state index contributed by atoms with van der Waals surface area (Å²) in [6.07, 6.45) is 2.82. The summed E-state index contributed by atoms with van der Waals surface area (Å²) in [6.45, 7) is 6.59. The Balaban J connectivity index is 1.77. The summed E-state index contributed by atoms with van der Waals surface area (Å²) >= 11 is 3.53. The molecule has 1 aliphatic heterocycles. The van der Waals surface area contributed by atoms with E-state index in [0.29, 0.717) is 13.0 Å². The Bertz CT molecular complexity index is 739. The van der Waals surface area contributed by atoms with Crippen LogP contribution in [0.3, 0.4) is 0 Å². The fraction of sp³-hybridized carbons (Fsp3) is 0.444. The highest BCUT2D eigenvalue weighted by Crippen LogP contribution is 2.30. The predicted octanol–water partition coefficient (Wildman–Crippen LogP) is 4.04. The van der Waals surface area contributed by atoms with Crippen molar-refractivity contribution in [3.05, 3.63) is 33.9 Å². The minimum atomic E-state index is 0.254. The topological polar surface area (TPSA) is 45.2 Å². The van der Waals surface area contributed by atoms with E-state index in [4.69, 9.17) is 0 Å². The predicted molar refractivity (Wildman–Crippen MR) is 97.8 cm³/mol. The lowest BCUT2D eigenvalue weighted by Crippen LogP contribution is -2.29. The first-order valence-corrected chi connectivity index (χ1v) is 8.93. The minimum absolute atomic E-state index is 0.254. The van der Waals surface area contributed by atoms with Crippen LogP contribution in [-0.2, 0) is 4.79 Å². The quantitative estimate of drug-likeness (QED) is 0.876.